The van der Waals surface area contributed by atoms with Crippen LogP contribution >= 0.6 is 0 Å². The van der Waals surface area contributed by atoms with E-state index in [4.69, 9.17) is 0 Å². The maximum Gasteiger partial charge on any atom is 0.221 e. The molecule has 0 radical (unpaired) electrons. The van der Waals surface area contributed by atoms with E-state index in [9.17, 15) is 14.4 Å². The molecule has 0 aromatic heterocycles. The van der Waals surface area contributed by atoms with Gasteiger partial charge in [-0.15, -0.1) is 0 Å². The molecule has 0 aromatic rings. The molecule has 0 rings (SSSR count). The Kier molecular flexibility index (Phi) is 55.8. The van der Waals surface area contributed by atoms with Gasteiger partial charge in [0.05, 0.1) is 0 Å². The maximum absolute atomic E-state index is 12.9. The summed E-state index contributed by atoms with van der Waals surface area (Å²) in [6, 6.07) is 0. The highest BCUT2D eigenvalue weighted by Gasteiger charge is 2.12. The summed E-state index contributed by atoms with van der Waals surface area (Å²) in [5.41, 5.74) is 0. The summed E-state index contributed by atoms with van der Waals surface area (Å²) in [4.78, 5) is 42.9. The molecule has 69 heavy (non-hydrogen) atoms. The van der Waals surface area contributed by atoms with Crippen molar-refractivity contribution in [2.45, 2.75) is 316 Å². The van der Waals surface area contributed by atoms with E-state index in [0.717, 1.165) is 65.0 Å². The van der Waals surface area contributed by atoms with E-state index >= 15 is 0 Å². The highest BCUT2D eigenvalue weighted by Crippen LogP contribution is 2.16. The van der Waals surface area contributed by atoms with E-state index in [0.29, 0.717) is 32.4 Å². The van der Waals surface area contributed by atoms with Crippen molar-refractivity contribution in [1.82, 2.24) is 25.8 Å². The van der Waals surface area contributed by atoms with Crippen LogP contribution in [0.4, 0.5) is 0 Å². The number of carbonyl (C=O) groups excluding carboxylic acids is 3. The summed E-state index contributed by atoms with van der Waals surface area (Å²) in [5, 5.41) is 9.49. The number of nitrogens with one attached hydrogen (secondary N) is 3. The molecule has 0 saturated carbocycles. The molecule has 8 nitrogen and oxygen atoms in total. The number of nitrogens with zero attached hydrogens (tertiary/aromatic N) is 2. The van der Waals surface area contributed by atoms with Crippen molar-refractivity contribution >= 4 is 17.7 Å². The van der Waals surface area contributed by atoms with Gasteiger partial charge >= 0.3 is 0 Å². The third-order valence-corrected chi connectivity index (χ3v) is 14.6. The Morgan fingerprint density at radius 3 is 0.725 bits per heavy atom. The smallest absolute Gasteiger partial charge is 0.221 e. The quantitative estimate of drug-likeness (QED) is 0.0528. The van der Waals surface area contributed by atoms with Crippen LogP contribution in [0, 0.1) is 0 Å². The topological polar surface area (TPSA) is 93.8 Å². The second-order valence-corrected chi connectivity index (χ2v) is 21.6. The monoisotopic (exact) mass is 974 g/mol. The van der Waals surface area contributed by atoms with E-state index in [2.05, 4.69) is 53.6 Å². The maximum atomic E-state index is 12.9. The molecule has 0 bridgehead atoms. The van der Waals surface area contributed by atoms with Crippen LogP contribution in [-0.2, 0) is 14.4 Å². The van der Waals surface area contributed by atoms with Crippen LogP contribution in [0.25, 0.3) is 0 Å². The number of hydrogen-bond donors (Lipinski definition) is 3. The van der Waals surface area contributed by atoms with Gasteiger partial charge in [0.1, 0.15) is 0 Å². The second kappa shape index (κ2) is 57.2. The molecule has 0 heterocycles. The fourth-order valence-electron chi connectivity index (χ4n) is 9.73. The SMILES string of the molecule is CCCCCCCCCCCCCCCCNC(=O)CCN(C)CCCN(CCC(=O)NCCCCCCCCCCCCCCCC)CCC(=O)NCCCCCCCCCCCCCCCC. The van der Waals surface area contributed by atoms with Gasteiger partial charge < -0.3 is 25.8 Å². The van der Waals surface area contributed by atoms with Gasteiger partial charge in [-0.25, -0.2) is 0 Å². The molecule has 0 aliphatic heterocycles. The van der Waals surface area contributed by atoms with E-state index in [1.807, 2.05) is 0 Å². The number of carbonyl (C=O) groups is 3. The molecule has 0 aromatic carbocycles. The summed E-state index contributed by atoms with van der Waals surface area (Å²) in [7, 11) is 2.10. The lowest BCUT2D eigenvalue weighted by atomic mass is 10.0. The van der Waals surface area contributed by atoms with Crippen molar-refractivity contribution in [3.8, 4) is 0 Å². The molecule has 0 atom stereocenters. The normalized spacial score (nSPS) is 11.6. The average molecular weight is 975 g/mol. The van der Waals surface area contributed by atoms with E-state index in [1.54, 1.807) is 0 Å². The fraction of sp³-hybridized carbons (Fsp3) is 0.951. The number of hydrogen-bond acceptors (Lipinski definition) is 5. The molecule has 0 unspecified atom stereocenters. The number of unbranched alkanes of at least 4 members (excludes halogenated alkanes) is 39. The minimum Gasteiger partial charge on any atom is -0.356 e. The lowest BCUT2D eigenvalue weighted by Crippen LogP contribution is -2.36. The van der Waals surface area contributed by atoms with E-state index in [1.165, 1.54) is 250 Å². The first-order chi connectivity index (χ1) is 33.9. The van der Waals surface area contributed by atoms with Gasteiger partial charge in [0.2, 0.25) is 17.7 Å². The Morgan fingerprint density at radius 2 is 0.478 bits per heavy atom. The zero-order chi connectivity index (χ0) is 50.2. The minimum absolute atomic E-state index is 0.120. The van der Waals surface area contributed by atoms with E-state index < -0.39 is 0 Å². The number of rotatable bonds is 58. The molecule has 3 amide bonds. The van der Waals surface area contributed by atoms with Crippen LogP contribution in [0.2, 0.25) is 0 Å². The molecule has 0 aliphatic carbocycles. The van der Waals surface area contributed by atoms with Gasteiger partial charge in [0, 0.05) is 58.5 Å². The third kappa shape index (κ3) is 55.5. The largest absolute Gasteiger partial charge is 0.356 e. The Labute approximate surface area is 431 Å². The minimum atomic E-state index is 0.120. The standard InChI is InChI=1S/C61H123N5O3/c1-5-8-11-14-17-20-23-26-29-32-35-38-41-44-51-62-59(67)48-56-65(4)54-47-55-66(57-49-60(68)63-52-45-42-39-36-33-30-27-24-21-18-15-12-9-6-2)58-50-61(69)64-53-46-43-40-37-34-31-28-25-22-19-16-13-10-7-3/h5-58H2,1-4H3,(H,62,67)(H,63,68)(H,64,69). The highest BCUT2D eigenvalue weighted by atomic mass is 16.2. The molecule has 0 saturated heterocycles. The molecule has 410 valence electrons. The Morgan fingerprint density at radius 1 is 0.261 bits per heavy atom. The summed E-state index contributed by atoms with van der Waals surface area (Å²) >= 11 is 0. The van der Waals surface area contributed by atoms with Crippen LogP contribution in [0.5, 0.6) is 0 Å². The van der Waals surface area contributed by atoms with Crippen molar-refractivity contribution in [3.63, 3.8) is 0 Å². The van der Waals surface area contributed by atoms with Gasteiger partial charge in [-0.1, -0.05) is 271 Å². The van der Waals surface area contributed by atoms with Crippen molar-refractivity contribution in [2.24, 2.45) is 0 Å². The van der Waals surface area contributed by atoms with Crippen molar-refractivity contribution < 1.29 is 14.4 Å². The predicted molar refractivity (Wildman–Crippen MR) is 302 cm³/mol. The molecule has 0 fully saturated rings. The molecule has 0 aliphatic rings. The lowest BCUT2D eigenvalue weighted by molar-refractivity contribution is -0.122. The third-order valence-electron chi connectivity index (χ3n) is 14.6. The zero-order valence-electron chi connectivity index (χ0n) is 47.3. The van der Waals surface area contributed by atoms with Crippen LogP contribution in [0.3, 0.4) is 0 Å². The number of amides is 3. The highest BCUT2D eigenvalue weighted by molar-refractivity contribution is 5.77. The fourth-order valence-corrected chi connectivity index (χ4v) is 9.73. The average Bonchev–Trinajstić information content (AvgIpc) is 3.35. The lowest BCUT2D eigenvalue weighted by Gasteiger charge is -2.24. The molecule has 3 N–H and O–H groups in total. The van der Waals surface area contributed by atoms with E-state index in [-0.39, 0.29) is 17.7 Å². The van der Waals surface area contributed by atoms with Crippen LogP contribution < -0.4 is 16.0 Å². The van der Waals surface area contributed by atoms with Gasteiger partial charge in [-0.05, 0) is 45.8 Å². The van der Waals surface area contributed by atoms with Gasteiger partial charge in [0.15, 0.2) is 0 Å². The predicted octanol–water partition coefficient (Wildman–Crippen LogP) is 16.6. The summed E-state index contributed by atoms with van der Waals surface area (Å²) < 4.78 is 0. The van der Waals surface area contributed by atoms with Gasteiger partial charge in [-0.2, -0.15) is 0 Å². The Bertz CT molecular complexity index is 1010. The first kappa shape index (κ1) is 67.3. The van der Waals surface area contributed by atoms with Crippen molar-refractivity contribution in [2.75, 3.05) is 59.4 Å². The van der Waals surface area contributed by atoms with Crippen LogP contribution in [-0.4, -0.2) is 86.9 Å². The van der Waals surface area contributed by atoms with Gasteiger partial charge in [-0.3, -0.25) is 14.4 Å². The second-order valence-electron chi connectivity index (χ2n) is 21.6. The first-order valence-corrected chi connectivity index (χ1v) is 31.1. The first-order valence-electron chi connectivity index (χ1n) is 31.1. The molecule has 0 spiro atoms. The van der Waals surface area contributed by atoms with Crippen LogP contribution in [0.1, 0.15) is 316 Å². The van der Waals surface area contributed by atoms with Crippen molar-refractivity contribution in [3.05, 3.63) is 0 Å². The molecular weight excluding hydrogens is 851 g/mol. The van der Waals surface area contributed by atoms with Gasteiger partial charge in [0.25, 0.3) is 0 Å². The summed E-state index contributed by atoms with van der Waals surface area (Å²) in [5.74, 6) is 0.390. The summed E-state index contributed by atoms with van der Waals surface area (Å²) in [6.45, 7) is 13.0. The summed E-state index contributed by atoms with van der Waals surface area (Å²) in [6.07, 6.45) is 58.7. The Hall–Kier alpha value is -1.67. The Balaban J connectivity index is 4.35. The van der Waals surface area contributed by atoms with Crippen molar-refractivity contribution in [1.29, 1.82) is 0 Å². The molecular formula is C61H123N5O3. The van der Waals surface area contributed by atoms with Crippen LogP contribution in [0.15, 0.2) is 0 Å². The zero-order valence-corrected chi connectivity index (χ0v) is 47.3. The molecule has 8 heteroatoms.